The van der Waals surface area contributed by atoms with Gasteiger partial charge in [-0.25, -0.2) is 9.78 Å². The number of carbonyl (C=O) groups is 2. The van der Waals surface area contributed by atoms with E-state index in [0.29, 0.717) is 41.6 Å². The number of amides is 2. The average molecular weight is 422 g/mol. The minimum absolute atomic E-state index is 0.0698. The lowest BCUT2D eigenvalue weighted by molar-refractivity contribution is 0.0936. The van der Waals surface area contributed by atoms with Gasteiger partial charge < -0.3 is 14.8 Å². The Kier molecular flexibility index (Phi) is 6.86. The molecule has 0 unspecified atom stereocenters. The second-order valence-corrected chi connectivity index (χ2v) is 8.59. The maximum Gasteiger partial charge on any atom is 0.407 e. The summed E-state index contributed by atoms with van der Waals surface area (Å²) in [5.41, 5.74) is 1.15. The zero-order valence-electron chi connectivity index (χ0n) is 17.1. The Morgan fingerprint density at radius 2 is 2.14 bits per heavy atom. The SMILES string of the molecule is COCc1cc(C(=O)Nc2ncc([C@H]3C[C@@H](COC(=O)NC(C)C)C3)s2)n(C)n1. The van der Waals surface area contributed by atoms with Crippen LogP contribution in [0, 0.1) is 5.92 Å². The van der Waals surface area contributed by atoms with E-state index in [2.05, 4.69) is 20.7 Å². The fourth-order valence-electron chi connectivity index (χ4n) is 3.23. The molecule has 3 rings (SSSR count). The fourth-order valence-corrected chi connectivity index (χ4v) is 4.16. The first-order valence-electron chi connectivity index (χ1n) is 9.58. The Hall–Kier alpha value is -2.46. The first-order valence-corrected chi connectivity index (χ1v) is 10.4. The highest BCUT2D eigenvalue weighted by Crippen LogP contribution is 2.44. The van der Waals surface area contributed by atoms with Crippen molar-refractivity contribution in [1.82, 2.24) is 20.1 Å². The van der Waals surface area contributed by atoms with Crippen molar-refractivity contribution in [2.45, 2.75) is 45.3 Å². The van der Waals surface area contributed by atoms with Gasteiger partial charge in [0.25, 0.3) is 5.91 Å². The highest BCUT2D eigenvalue weighted by atomic mass is 32.1. The molecule has 2 N–H and O–H groups in total. The summed E-state index contributed by atoms with van der Waals surface area (Å²) >= 11 is 1.48. The molecule has 9 nitrogen and oxygen atoms in total. The van der Waals surface area contributed by atoms with E-state index in [-0.39, 0.29) is 18.0 Å². The van der Waals surface area contributed by atoms with Crippen molar-refractivity contribution in [3.63, 3.8) is 0 Å². The van der Waals surface area contributed by atoms with Gasteiger partial charge in [0.05, 0.1) is 18.9 Å². The fraction of sp³-hybridized carbons (Fsp3) is 0.579. The summed E-state index contributed by atoms with van der Waals surface area (Å²) in [5, 5.41) is 10.4. The molecule has 2 aromatic heterocycles. The van der Waals surface area contributed by atoms with Crippen LogP contribution in [0.5, 0.6) is 0 Å². The molecule has 2 heterocycles. The summed E-state index contributed by atoms with van der Waals surface area (Å²) in [6, 6.07) is 1.78. The molecule has 0 bridgehead atoms. The number of ether oxygens (including phenoxy) is 2. The Bertz CT molecular complexity index is 857. The normalized spacial score (nSPS) is 18.4. The van der Waals surface area contributed by atoms with Crippen molar-refractivity contribution in [2.75, 3.05) is 19.0 Å². The van der Waals surface area contributed by atoms with Gasteiger partial charge in [-0.2, -0.15) is 5.10 Å². The molecule has 0 aliphatic heterocycles. The Morgan fingerprint density at radius 3 is 2.83 bits per heavy atom. The summed E-state index contributed by atoms with van der Waals surface area (Å²) in [6.45, 7) is 4.58. The van der Waals surface area contributed by atoms with Gasteiger partial charge in [0.1, 0.15) is 5.69 Å². The maximum atomic E-state index is 12.5. The van der Waals surface area contributed by atoms with E-state index >= 15 is 0 Å². The lowest BCUT2D eigenvalue weighted by Crippen LogP contribution is -2.34. The van der Waals surface area contributed by atoms with Gasteiger partial charge in [-0.1, -0.05) is 0 Å². The van der Waals surface area contributed by atoms with Crippen LogP contribution in [0.2, 0.25) is 0 Å². The zero-order chi connectivity index (χ0) is 21.0. The number of nitrogens with zero attached hydrogens (tertiary/aromatic N) is 3. The van der Waals surface area contributed by atoms with E-state index in [1.165, 1.54) is 16.0 Å². The van der Waals surface area contributed by atoms with Gasteiger partial charge in [-0.15, -0.1) is 11.3 Å². The predicted molar refractivity (Wildman–Crippen MR) is 109 cm³/mol. The Labute approximate surface area is 173 Å². The first-order chi connectivity index (χ1) is 13.9. The minimum Gasteiger partial charge on any atom is -0.449 e. The number of methoxy groups -OCH3 is 1. The Balaban J connectivity index is 1.47. The van der Waals surface area contributed by atoms with Gasteiger partial charge in [-0.3, -0.25) is 14.8 Å². The topological polar surface area (TPSA) is 107 Å². The number of aromatic nitrogens is 3. The predicted octanol–water partition coefficient (Wildman–Crippen LogP) is 2.90. The summed E-state index contributed by atoms with van der Waals surface area (Å²) in [5.74, 6) is 0.510. The van der Waals surface area contributed by atoms with Crippen LogP contribution in [0.4, 0.5) is 9.93 Å². The highest BCUT2D eigenvalue weighted by Gasteiger charge is 2.32. The number of rotatable bonds is 8. The quantitative estimate of drug-likeness (QED) is 0.679. The third kappa shape index (κ3) is 5.54. The molecule has 2 amide bonds. The minimum atomic E-state index is -0.366. The van der Waals surface area contributed by atoms with Crippen molar-refractivity contribution < 1.29 is 19.1 Å². The molecular formula is C19H27N5O4S. The van der Waals surface area contributed by atoms with Gasteiger partial charge in [0.15, 0.2) is 5.13 Å². The third-order valence-electron chi connectivity index (χ3n) is 4.69. The average Bonchev–Trinajstić information content (AvgIpc) is 3.20. The van der Waals surface area contributed by atoms with Crippen LogP contribution in [-0.4, -0.2) is 46.5 Å². The molecule has 0 aromatic carbocycles. The third-order valence-corrected chi connectivity index (χ3v) is 5.77. The molecule has 1 saturated carbocycles. The van der Waals surface area contributed by atoms with Crippen LogP contribution >= 0.6 is 11.3 Å². The Morgan fingerprint density at radius 1 is 1.38 bits per heavy atom. The molecule has 2 aromatic rings. The van der Waals surface area contributed by atoms with Gasteiger partial charge >= 0.3 is 6.09 Å². The van der Waals surface area contributed by atoms with Crippen LogP contribution in [0.3, 0.4) is 0 Å². The largest absolute Gasteiger partial charge is 0.449 e. The molecule has 0 radical (unpaired) electrons. The molecule has 1 aliphatic rings. The van der Waals surface area contributed by atoms with Crippen LogP contribution in [-0.2, 0) is 23.1 Å². The standard InChI is InChI=1S/C19H27N5O4S/c1-11(2)21-19(26)28-9-12-5-13(6-12)16-8-20-18(29-16)22-17(25)15-7-14(10-27-4)23-24(15)3/h7-8,11-13H,5-6,9-10H2,1-4H3,(H,21,26)(H,20,22,25)/t12-,13+. The van der Waals surface area contributed by atoms with Crippen molar-refractivity contribution in [3.05, 3.63) is 28.5 Å². The molecular weight excluding hydrogens is 394 g/mol. The number of carbonyl (C=O) groups excluding carboxylic acids is 2. The van der Waals surface area contributed by atoms with Crippen LogP contribution in [0.1, 0.15) is 53.7 Å². The zero-order valence-corrected chi connectivity index (χ0v) is 17.9. The summed E-state index contributed by atoms with van der Waals surface area (Å²) in [7, 11) is 3.31. The molecule has 29 heavy (non-hydrogen) atoms. The van der Waals surface area contributed by atoms with Gasteiger partial charge in [0, 0.05) is 31.3 Å². The van der Waals surface area contributed by atoms with E-state index < -0.39 is 0 Å². The van der Waals surface area contributed by atoms with E-state index in [1.807, 2.05) is 20.0 Å². The number of alkyl carbamates (subject to hydrolysis) is 1. The van der Waals surface area contributed by atoms with Crippen LogP contribution < -0.4 is 10.6 Å². The molecule has 158 valence electrons. The van der Waals surface area contributed by atoms with Gasteiger partial charge in [-0.05, 0) is 44.6 Å². The molecule has 1 aliphatic carbocycles. The lowest BCUT2D eigenvalue weighted by atomic mass is 9.75. The summed E-state index contributed by atoms with van der Waals surface area (Å²) < 4.78 is 11.8. The van der Waals surface area contributed by atoms with E-state index in [0.717, 1.165) is 17.7 Å². The summed E-state index contributed by atoms with van der Waals surface area (Å²) in [6.07, 6.45) is 3.35. The summed E-state index contributed by atoms with van der Waals surface area (Å²) in [4.78, 5) is 29.5. The van der Waals surface area contributed by atoms with Crippen molar-refractivity contribution in [1.29, 1.82) is 0 Å². The number of anilines is 1. The van der Waals surface area contributed by atoms with E-state index in [9.17, 15) is 9.59 Å². The second-order valence-electron chi connectivity index (χ2n) is 7.53. The number of hydrogen-bond acceptors (Lipinski definition) is 7. The monoisotopic (exact) mass is 421 g/mol. The molecule has 10 heteroatoms. The molecule has 0 saturated heterocycles. The van der Waals surface area contributed by atoms with Crippen molar-refractivity contribution in [3.8, 4) is 0 Å². The van der Waals surface area contributed by atoms with Crippen LogP contribution in [0.25, 0.3) is 0 Å². The second kappa shape index (κ2) is 9.36. The number of nitrogens with one attached hydrogen (secondary N) is 2. The highest BCUT2D eigenvalue weighted by molar-refractivity contribution is 7.15. The molecule has 0 spiro atoms. The number of thiazole rings is 1. The molecule has 0 atom stereocenters. The lowest BCUT2D eigenvalue weighted by Gasteiger charge is -2.33. The van der Waals surface area contributed by atoms with E-state index in [1.54, 1.807) is 20.2 Å². The van der Waals surface area contributed by atoms with E-state index in [4.69, 9.17) is 9.47 Å². The van der Waals surface area contributed by atoms with Gasteiger partial charge in [0.2, 0.25) is 0 Å². The molecule has 1 fully saturated rings. The maximum absolute atomic E-state index is 12.5. The van der Waals surface area contributed by atoms with Crippen molar-refractivity contribution >= 4 is 28.5 Å². The smallest absolute Gasteiger partial charge is 0.407 e. The van der Waals surface area contributed by atoms with Crippen molar-refractivity contribution in [2.24, 2.45) is 13.0 Å². The number of aryl methyl sites for hydroxylation is 1. The van der Waals surface area contributed by atoms with Crippen LogP contribution in [0.15, 0.2) is 12.3 Å². The number of hydrogen-bond donors (Lipinski definition) is 2. The first kappa shape index (κ1) is 21.3.